The van der Waals surface area contributed by atoms with Gasteiger partial charge in [-0.3, -0.25) is 0 Å². The van der Waals surface area contributed by atoms with Gasteiger partial charge >= 0.3 is 0 Å². The molecule has 0 saturated heterocycles. The van der Waals surface area contributed by atoms with Gasteiger partial charge in [-0.05, 0) is 58.1 Å². The molecule has 1 fully saturated rings. The summed E-state index contributed by atoms with van der Waals surface area (Å²) in [5, 5.41) is 11.5. The molecule has 1 aromatic heterocycles. The van der Waals surface area contributed by atoms with Crippen LogP contribution in [0.4, 0.5) is 0 Å². The first-order valence-corrected chi connectivity index (χ1v) is 5.84. The van der Waals surface area contributed by atoms with E-state index in [0.29, 0.717) is 5.92 Å². The monoisotopic (exact) mass is 246 g/mol. The molecule has 0 radical (unpaired) electrons. The van der Waals surface area contributed by atoms with E-state index in [-0.39, 0.29) is 6.10 Å². The highest BCUT2D eigenvalue weighted by atomic mass is 79.9. The highest BCUT2D eigenvalue weighted by Crippen LogP contribution is 2.34. The topological polar surface area (TPSA) is 20.2 Å². The van der Waals surface area contributed by atoms with Crippen LogP contribution in [0.3, 0.4) is 0 Å². The summed E-state index contributed by atoms with van der Waals surface area (Å²) in [4.78, 5) is 0. The summed E-state index contributed by atoms with van der Waals surface area (Å²) in [5.74, 6) is 0.510. The quantitative estimate of drug-likeness (QED) is 0.852. The first-order valence-electron chi connectivity index (χ1n) is 4.17. The van der Waals surface area contributed by atoms with Crippen LogP contribution in [0.1, 0.15) is 18.4 Å². The van der Waals surface area contributed by atoms with Crippen molar-refractivity contribution < 1.29 is 5.11 Å². The Morgan fingerprint density at radius 2 is 2.42 bits per heavy atom. The lowest BCUT2D eigenvalue weighted by Crippen LogP contribution is -2.32. The molecule has 1 aliphatic rings. The summed E-state index contributed by atoms with van der Waals surface area (Å²) in [5.41, 5.74) is 1.35. The van der Waals surface area contributed by atoms with E-state index in [2.05, 4.69) is 27.4 Å². The van der Waals surface area contributed by atoms with Gasteiger partial charge in [-0.2, -0.15) is 0 Å². The summed E-state index contributed by atoms with van der Waals surface area (Å²) in [6.45, 7) is 0. The first-order chi connectivity index (χ1) is 5.77. The van der Waals surface area contributed by atoms with Gasteiger partial charge in [-0.1, -0.05) is 0 Å². The molecular formula is C9H11BrOS. The van der Waals surface area contributed by atoms with Gasteiger partial charge in [-0.25, -0.2) is 0 Å². The second kappa shape index (κ2) is 3.48. The van der Waals surface area contributed by atoms with Gasteiger partial charge in [0.15, 0.2) is 0 Å². The fourth-order valence-electron chi connectivity index (χ4n) is 1.54. The van der Waals surface area contributed by atoms with Gasteiger partial charge in [0, 0.05) is 0 Å². The van der Waals surface area contributed by atoms with Crippen LogP contribution in [-0.4, -0.2) is 11.2 Å². The first kappa shape index (κ1) is 8.73. The molecule has 1 nitrogen and oxygen atoms in total. The van der Waals surface area contributed by atoms with Gasteiger partial charge < -0.3 is 5.11 Å². The molecule has 0 amide bonds. The zero-order valence-corrected chi connectivity index (χ0v) is 9.07. The van der Waals surface area contributed by atoms with Crippen molar-refractivity contribution in [3.8, 4) is 0 Å². The SMILES string of the molecule is OC1CCC1Cc1ccsc1Br. The molecule has 1 aliphatic carbocycles. The number of aliphatic hydroxyl groups excluding tert-OH is 1. The van der Waals surface area contributed by atoms with Gasteiger partial charge in [0.1, 0.15) is 0 Å². The van der Waals surface area contributed by atoms with Crippen LogP contribution in [-0.2, 0) is 6.42 Å². The maximum absolute atomic E-state index is 9.39. The van der Waals surface area contributed by atoms with E-state index in [1.807, 2.05) is 0 Å². The highest BCUT2D eigenvalue weighted by Gasteiger charge is 2.29. The Balaban J connectivity index is 1.99. The standard InChI is InChI=1S/C9H11BrOS/c10-9-7(3-4-12-9)5-6-1-2-8(6)11/h3-4,6,8,11H,1-2,5H2. The third kappa shape index (κ3) is 1.58. The van der Waals surface area contributed by atoms with E-state index in [0.717, 1.165) is 12.8 Å². The molecule has 0 aliphatic heterocycles. The molecule has 1 N–H and O–H groups in total. The number of hydrogen-bond donors (Lipinski definition) is 1. The molecule has 1 heterocycles. The molecular weight excluding hydrogens is 236 g/mol. The fraction of sp³-hybridized carbons (Fsp3) is 0.556. The molecule has 0 spiro atoms. The number of hydrogen-bond acceptors (Lipinski definition) is 2. The average molecular weight is 247 g/mol. The summed E-state index contributed by atoms with van der Waals surface area (Å²) in [7, 11) is 0. The van der Waals surface area contributed by atoms with Gasteiger partial charge in [0.2, 0.25) is 0 Å². The normalized spacial score (nSPS) is 28.5. The largest absolute Gasteiger partial charge is 0.393 e. The summed E-state index contributed by atoms with van der Waals surface area (Å²) in [6, 6.07) is 2.14. The number of aliphatic hydroxyl groups is 1. The molecule has 2 atom stereocenters. The van der Waals surface area contributed by atoms with Gasteiger partial charge in [0.25, 0.3) is 0 Å². The lowest BCUT2D eigenvalue weighted by Gasteiger charge is -2.32. The van der Waals surface area contributed by atoms with Crippen molar-refractivity contribution in [3.05, 3.63) is 20.8 Å². The lowest BCUT2D eigenvalue weighted by atomic mass is 9.78. The minimum atomic E-state index is -0.0446. The minimum absolute atomic E-state index is 0.0446. The van der Waals surface area contributed by atoms with E-state index in [4.69, 9.17) is 0 Å². The second-order valence-corrected chi connectivity index (χ2v) is 5.56. The van der Waals surface area contributed by atoms with Crippen LogP contribution in [0, 0.1) is 5.92 Å². The molecule has 1 saturated carbocycles. The fourth-order valence-corrected chi connectivity index (χ4v) is 2.81. The van der Waals surface area contributed by atoms with Crippen molar-refractivity contribution in [3.63, 3.8) is 0 Å². The lowest BCUT2D eigenvalue weighted by molar-refractivity contribution is 0.0244. The van der Waals surface area contributed by atoms with Crippen molar-refractivity contribution in [2.75, 3.05) is 0 Å². The van der Waals surface area contributed by atoms with Crippen molar-refractivity contribution in [2.45, 2.75) is 25.4 Å². The summed E-state index contributed by atoms with van der Waals surface area (Å²) < 4.78 is 1.22. The third-order valence-electron chi connectivity index (χ3n) is 2.55. The van der Waals surface area contributed by atoms with E-state index < -0.39 is 0 Å². The Hall–Kier alpha value is 0.140. The Morgan fingerprint density at radius 3 is 2.83 bits per heavy atom. The molecule has 2 rings (SSSR count). The van der Waals surface area contributed by atoms with E-state index >= 15 is 0 Å². The van der Waals surface area contributed by atoms with Gasteiger partial charge in [0.05, 0.1) is 9.89 Å². The Labute approximate surface area is 84.6 Å². The maximum atomic E-state index is 9.39. The minimum Gasteiger partial charge on any atom is -0.393 e. The van der Waals surface area contributed by atoms with Crippen molar-refractivity contribution in [1.82, 2.24) is 0 Å². The van der Waals surface area contributed by atoms with Crippen LogP contribution < -0.4 is 0 Å². The number of halogens is 1. The van der Waals surface area contributed by atoms with Crippen molar-refractivity contribution in [1.29, 1.82) is 0 Å². The smallest absolute Gasteiger partial charge is 0.0730 e. The zero-order valence-electron chi connectivity index (χ0n) is 6.66. The van der Waals surface area contributed by atoms with Crippen LogP contribution in [0.5, 0.6) is 0 Å². The van der Waals surface area contributed by atoms with Gasteiger partial charge in [-0.15, -0.1) is 11.3 Å². The zero-order chi connectivity index (χ0) is 8.55. The maximum Gasteiger partial charge on any atom is 0.0730 e. The van der Waals surface area contributed by atoms with Crippen LogP contribution >= 0.6 is 27.3 Å². The molecule has 2 unspecified atom stereocenters. The van der Waals surface area contributed by atoms with E-state index in [1.165, 1.54) is 15.8 Å². The van der Waals surface area contributed by atoms with Crippen LogP contribution in [0.25, 0.3) is 0 Å². The molecule has 1 aromatic rings. The molecule has 12 heavy (non-hydrogen) atoms. The molecule has 0 aromatic carbocycles. The van der Waals surface area contributed by atoms with Crippen molar-refractivity contribution in [2.24, 2.45) is 5.92 Å². The van der Waals surface area contributed by atoms with E-state index in [1.54, 1.807) is 11.3 Å². The molecule has 0 bridgehead atoms. The molecule has 3 heteroatoms. The summed E-state index contributed by atoms with van der Waals surface area (Å²) in [6.07, 6.45) is 3.16. The second-order valence-electron chi connectivity index (χ2n) is 3.33. The highest BCUT2D eigenvalue weighted by molar-refractivity contribution is 9.11. The Bertz CT molecular complexity index is 271. The van der Waals surface area contributed by atoms with Crippen LogP contribution in [0.15, 0.2) is 15.2 Å². The number of rotatable bonds is 2. The van der Waals surface area contributed by atoms with E-state index in [9.17, 15) is 5.11 Å². The summed E-state index contributed by atoms with van der Waals surface area (Å²) >= 11 is 5.22. The number of thiophene rings is 1. The van der Waals surface area contributed by atoms with Crippen LogP contribution in [0.2, 0.25) is 0 Å². The molecule has 66 valence electrons. The Kier molecular flexibility index (Phi) is 2.53. The third-order valence-corrected chi connectivity index (χ3v) is 4.36. The van der Waals surface area contributed by atoms with Crippen molar-refractivity contribution >= 4 is 27.3 Å². The average Bonchev–Trinajstić information content (AvgIpc) is 2.44. The predicted molar refractivity (Wildman–Crippen MR) is 54.5 cm³/mol. The predicted octanol–water partition coefficient (Wildman–Crippen LogP) is 2.82. The Morgan fingerprint density at radius 1 is 1.58 bits per heavy atom.